The molecular formula is C30H28BrClO9. The minimum absolute atomic E-state index is 0.0741. The normalized spacial score (nSPS) is 10.7. The maximum atomic E-state index is 10.8. The zero-order chi connectivity index (χ0) is 30.5. The van der Waals surface area contributed by atoms with E-state index in [0.717, 1.165) is 20.8 Å². The van der Waals surface area contributed by atoms with Crippen LogP contribution in [0.4, 0.5) is 0 Å². The van der Waals surface area contributed by atoms with Crippen molar-refractivity contribution in [2.75, 3.05) is 14.2 Å². The molecule has 4 aromatic rings. The minimum Gasteiger partial charge on any atom is -0.508 e. The monoisotopic (exact) mass is 646 g/mol. The molecule has 4 aromatic carbocycles. The average Bonchev–Trinajstić information content (AvgIpc) is 2.96. The average molecular weight is 648 g/mol. The highest BCUT2D eigenvalue weighted by Gasteiger charge is 2.16. The molecule has 4 rings (SSSR count). The highest BCUT2D eigenvalue weighted by Crippen LogP contribution is 2.33. The third-order valence-electron chi connectivity index (χ3n) is 5.62. The molecule has 0 aromatic heterocycles. The van der Waals surface area contributed by atoms with Gasteiger partial charge in [0.05, 0.1) is 29.8 Å². The van der Waals surface area contributed by atoms with Crippen LogP contribution < -0.4 is 9.47 Å². The summed E-state index contributed by atoms with van der Waals surface area (Å²) in [6.07, 6.45) is 0.839. The summed E-state index contributed by atoms with van der Waals surface area (Å²) >= 11 is 9.05. The molecule has 0 aliphatic heterocycles. The maximum absolute atomic E-state index is 10.8. The van der Waals surface area contributed by atoms with Gasteiger partial charge >= 0.3 is 17.9 Å². The Morgan fingerprint density at radius 3 is 2.00 bits per heavy atom. The van der Waals surface area contributed by atoms with Crippen molar-refractivity contribution in [3.63, 3.8) is 0 Å². The third-order valence-corrected chi connectivity index (χ3v) is 6.65. The van der Waals surface area contributed by atoms with Crippen LogP contribution in [0.15, 0.2) is 83.3 Å². The smallest absolute Gasteiger partial charge is 0.336 e. The number of phenolic OH excluding ortho intramolecular Hbond substituents is 1. The first-order valence-corrected chi connectivity index (χ1v) is 13.2. The lowest BCUT2D eigenvalue weighted by Gasteiger charge is -2.12. The summed E-state index contributed by atoms with van der Waals surface area (Å²) in [5, 5.41) is 35.6. The lowest BCUT2D eigenvalue weighted by atomic mass is 10.1. The van der Waals surface area contributed by atoms with Crippen molar-refractivity contribution in [1.29, 1.82) is 0 Å². The third kappa shape index (κ3) is 10.0. The molecule has 0 saturated carbocycles. The van der Waals surface area contributed by atoms with E-state index in [1.54, 1.807) is 32.4 Å². The Balaban J connectivity index is 0.000000225. The Labute approximate surface area is 249 Å². The van der Waals surface area contributed by atoms with E-state index in [-0.39, 0.29) is 11.3 Å². The van der Waals surface area contributed by atoms with Gasteiger partial charge in [0.2, 0.25) is 0 Å². The summed E-state index contributed by atoms with van der Waals surface area (Å²) in [5.74, 6) is -1.45. The summed E-state index contributed by atoms with van der Waals surface area (Å²) < 4.78 is 11.2. The number of methoxy groups -OCH3 is 2. The molecule has 11 heteroatoms. The molecule has 9 nitrogen and oxygen atoms in total. The van der Waals surface area contributed by atoms with E-state index < -0.39 is 23.3 Å². The second-order valence-corrected chi connectivity index (χ2v) is 9.71. The number of aryl methyl sites for hydroxylation is 1. The fourth-order valence-electron chi connectivity index (χ4n) is 3.54. The number of halogens is 2. The number of benzene rings is 4. The summed E-state index contributed by atoms with van der Waals surface area (Å²) in [4.78, 5) is 31.7. The lowest BCUT2D eigenvalue weighted by Crippen LogP contribution is -2.14. The Bertz CT molecular complexity index is 1480. The van der Waals surface area contributed by atoms with Crippen molar-refractivity contribution in [2.45, 2.75) is 18.2 Å². The van der Waals surface area contributed by atoms with E-state index in [1.807, 2.05) is 36.4 Å². The molecule has 0 amide bonds. The van der Waals surface area contributed by atoms with Gasteiger partial charge in [0.25, 0.3) is 0 Å². The van der Waals surface area contributed by atoms with E-state index >= 15 is 0 Å². The van der Waals surface area contributed by atoms with Crippen LogP contribution in [0.1, 0.15) is 32.7 Å². The number of aliphatic carboxylic acids is 1. The van der Waals surface area contributed by atoms with Gasteiger partial charge in [-0.25, -0.2) is 9.59 Å². The second kappa shape index (κ2) is 16.1. The Kier molecular flexibility index (Phi) is 12.9. The Morgan fingerprint density at radius 1 is 0.829 bits per heavy atom. The van der Waals surface area contributed by atoms with Crippen molar-refractivity contribution in [1.82, 2.24) is 0 Å². The van der Waals surface area contributed by atoms with E-state index in [1.165, 1.54) is 24.3 Å². The molecule has 0 saturated heterocycles. The van der Waals surface area contributed by atoms with E-state index in [9.17, 15) is 14.4 Å². The van der Waals surface area contributed by atoms with Crippen molar-refractivity contribution >= 4 is 56.2 Å². The number of carboxylic acids is 3. The van der Waals surface area contributed by atoms with Gasteiger partial charge in [0, 0.05) is 0 Å². The van der Waals surface area contributed by atoms with Crippen LogP contribution in [0.2, 0.25) is 0 Å². The molecule has 1 atom stereocenters. The molecular weight excluding hydrogens is 620 g/mol. The van der Waals surface area contributed by atoms with Crippen LogP contribution in [0.25, 0.3) is 10.8 Å². The molecule has 0 aliphatic rings. The van der Waals surface area contributed by atoms with Crippen molar-refractivity contribution in [3.8, 4) is 17.2 Å². The first-order valence-electron chi connectivity index (χ1n) is 12.0. The van der Waals surface area contributed by atoms with Crippen LogP contribution in [0, 0.1) is 0 Å². The van der Waals surface area contributed by atoms with E-state index in [0.29, 0.717) is 29.9 Å². The highest BCUT2D eigenvalue weighted by atomic mass is 79.9. The number of aromatic hydroxyl groups is 1. The number of carbonyl (C=O) groups is 3. The van der Waals surface area contributed by atoms with E-state index in [2.05, 4.69) is 15.9 Å². The second-order valence-electron chi connectivity index (χ2n) is 8.33. The van der Waals surface area contributed by atoms with Gasteiger partial charge in [-0.3, -0.25) is 4.79 Å². The summed E-state index contributed by atoms with van der Waals surface area (Å²) in [6, 6.07) is 21.7. The molecule has 1 unspecified atom stereocenters. The fourth-order valence-corrected chi connectivity index (χ4v) is 4.13. The number of hydrogen-bond donors (Lipinski definition) is 4. The zero-order valence-corrected chi connectivity index (χ0v) is 24.4. The molecule has 0 aliphatic carbocycles. The van der Waals surface area contributed by atoms with Gasteiger partial charge in [-0.05, 0) is 87.6 Å². The van der Waals surface area contributed by atoms with Crippen LogP contribution in [-0.4, -0.2) is 57.9 Å². The van der Waals surface area contributed by atoms with Crippen molar-refractivity contribution in [3.05, 3.63) is 100 Å². The molecule has 0 spiro atoms. The standard InChI is InChI=1S/C12H14BrClO4.C11H8O2.C7H6O3/c1-17-10-6-8(13)11(18-2)5-7(10)3-4-9(14)12(15)16;12-11(13)10-7-3-5-8-4-1-2-6-9(8)10;8-6-3-1-5(2-4-6)7(9)10/h5-6,9H,3-4H2,1-2H3,(H,15,16);1-7H,(H,12,13);1-4,8H,(H,9,10). The maximum Gasteiger partial charge on any atom is 0.336 e. The number of carboxylic acid groups (broad SMARTS) is 3. The zero-order valence-electron chi connectivity index (χ0n) is 22.1. The van der Waals surface area contributed by atoms with Crippen LogP contribution in [0.3, 0.4) is 0 Å². The van der Waals surface area contributed by atoms with Gasteiger partial charge in [0.15, 0.2) is 0 Å². The first kappa shape index (κ1) is 32.9. The quantitative estimate of drug-likeness (QED) is 0.153. The molecule has 41 heavy (non-hydrogen) atoms. The van der Waals surface area contributed by atoms with Gasteiger partial charge < -0.3 is 29.9 Å². The number of hydrogen-bond acceptors (Lipinski definition) is 6. The highest BCUT2D eigenvalue weighted by molar-refractivity contribution is 9.10. The molecule has 216 valence electrons. The molecule has 0 radical (unpaired) electrons. The predicted octanol–water partition coefficient (Wildman–Crippen LogP) is 6.72. The number of phenols is 1. The number of aromatic carboxylic acids is 2. The van der Waals surface area contributed by atoms with Gasteiger partial charge in [-0.15, -0.1) is 11.6 Å². The summed E-state index contributed by atoms with van der Waals surface area (Å²) in [7, 11) is 3.13. The van der Waals surface area contributed by atoms with Crippen LogP contribution in [-0.2, 0) is 11.2 Å². The van der Waals surface area contributed by atoms with Crippen molar-refractivity contribution in [2.24, 2.45) is 0 Å². The van der Waals surface area contributed by atoms with Crippen LogP contribution >= 0.6 is 27.5 Å². The number of alkyl halides is 1. The summed E-state index contributed by atoms with van der Waals surface area (Å²) in [5.41, 5.74) is 1.40. The van der Waals surface area contributed by atoms with Gasteiger partial charge in [0.1, 0.15) is 22.6 Å². The molecule has 0 fully saturated rings. The Hall–Kier alpha value is -4.28. The Morgan fingerprint density at radius 2 is 1.44 bits per heavy atom. The lowest BCUT2D eigenvalue weighted by molar-refractivity contribution is -0.136. The van der Waals surface area contributed by atoms with Gasteiger partial charge in [-0.2, -0.15) is 0 Å². The fraction of sp³-hybridized carbons (Fsp3) is 0.167. The first-order chi connectivity index (χ1) is 19.5. The predicted molar refractivity (Wildman–Crippen MR) is 159 cm³/mol. The minimum atomic E-state index is -1.01. The molecule has 4 N–H and O–H groups in total. The van der Waals surface area contributed by atoms with Crippen LogP contribution in [0.5, 0.6) is 17.2 Å². The topological polar surface area (TPSA) is 151 Å². The number of rotatable bonds is 8. The largest absolute Gasteiger partial charge is 0.508 e. The molecule has 0 bridgehead atoms. The van der Waals surface area contributed by atoms with Crippen molar-refractivity contribution < 1.29 is 44.3 Å². The number of ether oxygens (including phenoxy) is 2. The van der Waals surface area contributed by atoms with E-state index in [4.69, 9.17) is 41.5 Å². The SMILES string of the molecule is COc1cc(CCC(Cl)C(=O)O)c(OC)cc1Br.O=C(O)c1ccc(O)cc1.O=C(O)c1cccc2ccccc12. The van der Waals surface area contributed by atoms with Gasteiger partial charge in [-0.1, -0.05) is 36.4 Å². The molecule has 0 heterocycles. The number of fused-ring (bicyclic) bond motifs is 1. The summed E-state index contributed by atoms with van der Waals surface area (Å²) in [6.45, 7) is 0.